The van der Waals surface area contributed by atoms with E-state index in [9.17, 15) is 18.0 Å². The molecule has 156 valence electrons. The maximum absolute atomic E-state index is 12.5. The fraction of sp³-hybridized carbons (Fsp3) is 0.158. The molecule has 3 N–H and O–H groups in total. The van der Waals surface area contributed by atoms with Crippen LogP contribution in [0.25, 0.3) is 5.82 Å². The maximum Gasteiger partial charge on any atom is 0.242 e. The van der Waals surface area contributed by atoms with E-state index in [4.69, 9.17) is 0 Å². The van der Waals surface area contributed by atoms with Crippen molar-refractivity contribution in [3.05, 3.63) is 61.1 Å². The Balaban J connectivity index is 1.62. The van der Waals surface area contributed by atoms with Crippen molar-refractivity contribution in [1.82, 2.24) is 19.5 Å². The number of benzene rings is 1. The van der Waals surface area contributed by atoms with Gasteiger partial charge in [0.05, 0.1) is 22.8 Å². The summed E-state index contributed by atoms with van der Waals surface area (Å²) in [6.07, 6.45) is 4.82. The van der Waals surface area contributed by atoms with Crippen molar-refractivity contribution in [1.29, 1.82) is 0 Å². The molecule has 1 atom stereocenters. The number of aromatic nitrogens is 3. The van der Waals surface area contributed by atoms with E-state index in [-0.39, 0.29) is 10.8 Å². The molecule has 10 nitrogen and oxygen atoms in total. The number of carbonyl (C=O) groups is 2. The zero-order valence-corrected chi connectivity index (χ0v) is 17.1. The number of hydrogen-bond acceptors (Lipinski definition) is 6. The van der Waals surface area contributed by atoms with E-state index in [0.717, 1.165) is 0 Å². The van der Waals surface area contributed by atoms with Gasteiger partial charge in [-0.3, -0.25) is 9.59 Å². The lowest BCUT2D eigenvalue weighted by molar-refractivity contribution is -0.117. The van der Waals surface area contributed by atoms with Crippen molar-refractivity contribution >= 4 is 33.2 Å². The number of amides is 2. The molecule has 0 unspecified atom stereocenters. The minimum absolute atomic E-state index is 0.0264. The van der Waals surface area contributed by atoms with Gasteiger partial charge in [0.1, 0.15) is 0 Å². The number of hydrogen-bond donors (Lipinski definition) is 3. The second-order valence-corrected chi connectivity index (χ2v) is 8.11. The van der Waals surface area contributed by atoms with Crippen molar-refractivity contribution in [3.63, 3.8) is 0 Å². The second-order valence-electron chi connectivity index (χ2n) is 6.39. The van der Waals surface area contributed by atoms with Gasteiger partial charge in [0, 0.05) is 25.0 Å². The van der Waals surface area contributed by atoms with Crippen molar-refractivity contribution in [2.45, 2.75) is 24.8 Å². The molecule has 0 radical (unpaired) electrons. The average Bonchev–Trinajstić information content (AvgIpc) is 3.23. The molecule has 2 aromatic heterocycles. The molecule has 0 saturated heterocycles. The van der Waals surface area contributed by atoms with Crippen molar-refractivity contribution < 1.29 is 18.0 Å². The van der Waals surface area contributed by atoms with Gasteiger partial charge >= 0.3 is 0 Å². The summed E-state index contributed by atoms with van der Waals surface area (Å²) in [5, 5.41) is 9.23. The van der Waals surface area contributed by atoms with Crippen LogP contribution in [-0.4, -0.2) is 41.0 Å². The van der Waals surface area contributed by atoms with Crippen molar-refractivity contribution in [3.8, 4) is 5.82 Å². The van der Waals surface area contributed by atoms with Crippen LogP contribution in [0.4, 0.5) is 11.4 Å². The number of anilines is 2. The Kier molecular flexibility index (Phi) is 6.23. The first-order valence-corrected chi connectivity index (χ1v) is 10.4. The molecule has 3 aromatic rings. The predicted octanol–water partition coefficient (Wildman–Crippen LogP) is 1.53. The zero-order chi connectivity index (χ0) is 21.7. The Bertz CT molecular complexity index is 1130. The third-order valence-electron chi connectivity index (χ3n) is 3.96. The number of carbonyl (C=O) groups excluding carboxylic acids is 2. The number of pyridine rings is 1. The average molecular weight is 428 g/mol. The zero-order valence-electron chi connectivity index (χ0n) is 16.2. The number of rotatable bonds is 7. The third-order valence-corrected chi connectivity index (χ3v) is 5.52. The smallest absolute Gasteiger partial charge is 0.242 e. The Labute approximate surface area is 173 Å². The summed E-state index contributed by atoms with van der Waals surface area (Å²) >= 11 is 0. The molecule has 0 bridgehead atoms. The molecule has 3 rings (SSSR count). The standard InChI is InChI=1S/C19H20N6O4S/c1-13(24-30(28,29)17-7-4-15(5-8-17)22-14(2)26)19(27)23-16-6-9-18(20-12-16)25-11-3-10-21-25/h3-13,24H,1-2H3,(H,22,26)(H,23,27)/t13-/m0/s1. The summed E-state index contributed by atoms with van der Waals surface area (Å²) in [5.41, 5.74) is 0.889. The normalized spacial score (nSPS) is 12.2. The van der Waals surface area contributed by atoms with Crippen LogP contribution in [0.1, 0.15) is 13.8 Å². The van der Waals surface area contributed by atoms with Crippen LogP contribution in [0, 0.1) is 0 Å². The highest BCUT2D eigenvalue weighted by molar-refractivity contribution is 7.89. The lowest BCUT2D eigenvalue weighted by Crippen LogP contribution is -2.41. The van der Waals surface area contributed by atoms with Gasteiger partial charge in [0.25, 0.3) is 0 Å². The van der Waals surface area contributed by atoms with Crippen LogP contribution in [0.2, 0.25) is 0 Å². The van der Waals surface area contributed by atoms with Crippen LogP contribution in [0.15, 0.2) is 66.0 Å². The van der Waals surface area contributed by atoms with Gasteiger partial charge in [-0.15, -0.1) is 0 Å². The monoisotopic (exact) mass is 428 g/mol. The Morgan fingerprint density at radius 3 is 2.30 bits per heavy atom. The highest BCUT2D eigenvalue weighted by atomic mass is 32.2. The molecule has 0 saturated carbocycles. The van der Waals surface area contributed by atoms with Gasteiger partial charge in [0.2, 0.25) is 21.8 Å². The van der Waals surface area contributed by atoms with Gasteiger partial charge < -0.3 is 10.6 Å². The van der Waals surface area contributed by atoms with Gasteiger partial charge in [-0.1, -0.05) is 0 Å². The largest absolute Gasteiger partial charge is 0.326 e. The van der Waals surface area contributed by atoms with E-state index < -0.39 is 22.0 Å². The van der Waals surface area contributed by atoms with E-state index in [1.54, 1.807) is 35.3 Å². The molecule has 0 fully saturated rings. The number of sulfonamides is 1. The molecule has 2 heterocycles. The lowest BCUT2D eigenvalue weighted by Gasteiger charge is -2.15. The maximum atomic E-state index is 12.5. The molecular weight excluding hydrogens is 408 g/mol. The van der Waals surface area contributed by atoms with Crippen LogP contribution in [0.3, 0.4) is 0 Å². The summed E-state index contributed by atoms with van der Waals surface area (Å²) in [6, 6.07) is 9.67. The molecule has 30 heavy (non-hydrogen) atoms. The molecule has 2 amide bonds. The molecular formula is C19H20N6O4S. The SMILES string of the molecule is CC(=O)Nc1ccc(S(=O)(=O)N[C@@H](C)C(=O)Nc2ccc(-n3cccn3)nc2)cc1. The Hall–Kier alpha value is -3.57. The molecule has 1 aromatic carbocycles. The van der Waals surface area contributed by atoms with E-state index in [2.05, 4.69) is 25.4 Å². The summed E-state index contributed by atoms with van der Waals surface area (Å²) in [7, 11) is -3.93. The first-order valence-electron chi connectivity index (χ1n) is 8.91. The number of nitrogens with zero attached hydrogens (tertiary/aromatic N) is 3. The fourth-order valence-corrected chi connectivity index (χ4v) is 3.73. The Morgan fingerprint density at radius 2 is 1.73 bits per heavy atom. The van der Waals surface area contributed by atoms with Crippen LogP contribution in [-0.2, 0) is 19.6 Å². The van der Waals surface area contributed by atoms with Gasteiger partial charge in [-0.25, -0.2) is 18.1 Å². The van der Waals surface area contributed by atoms with Crippen molar-refractivity contribution in [2.24, 2.45) is 0 Å². The first-order chi connectivity index (χ1) is 14.2. The van der Waals surface area contributed by atoms with Crippen molar-refractivity contribution in [2.75, 3.05) is 10.6 Å². The third kappa shape index (κ3) is 5.27. The van der Waals surface area contributed by atoms with Crippen LogP contribution in [0.5, 0.6) is 0 Å². The highest BCUT2D eigenvalue weighted by Gasteiger charge is 2.22. The topological polar surface area (TPSA) is 135 Å². The van der Waals surface area contributed by atoms with E-state index in [1.165, 1.54) is 44.3 Å². The summed E-state index contributed by atoms with van der Waals surface area (Å²) in [5.74, 6) is -0.224. The molecule has 0 aliphatic carbocycles. The summed E-state index contributed by atoms with van der Waals surface area (Å²) < 4.78 is 28.9. The minimum atomic E-state index is -3.93. The summed E-state index contributed by atoms with van der Waals surface area (Å²) in [4.78, 5) is 27.6. The predicted molar refractivity (Wildman–Crippen MR) is 111 cm³/mol. The van der Waals surface area contributed by atoms with E-state index in [1.807, 2.05) is 0 Å². The molecule has 0 aliphatic heterocycles. The van der Waals surface area contributed by atoms with Gasteiger partial charge in [0.15, 0.2) is 5.82 Å². The lowest BCUT2D eigenvalue weighted by atomic mass is 10.3. The quantitative estimate of drug-likeness (QED) is 0.522. The first kappa shape index (κ1) is 21.1. The summed E-state index contributed by atoms with van der Waals surface area (Å²) in [6.45, 7) is 2.79. The molecule has 0 aliphatic rings. The van der Waals surface area contributed by atoms with E-state index >= 15 is 0 Å². The van der Waals surface area contributed by atoms with Crippen LogP contribution >= 0.6 is 0 Å². The highest BCUT2D eigenvalue weighted by Crippen LogP contribution is 2.15. The molecule has 11 heteroatoms. The van der Waals surface area contributed by atoms with Gasteiger partial charge in [-0.2, -0.15) is 9.82 Å². The van der Waals surface area contributed by atoms with Crippen LogP contribution < -0.4 is 15.4 Å². The number of nitrogens with one attached hydrogen (secondary N) is 3. The second kappa shape index (κ2) is 8.84. The molecule has 0 spiro atoms. The van der Waals surface area contributed by atoms with E-state index in [0.29, 0.717) is 17.2 Å². The minimum Gasteiger partial charge on any atom is -0.326 e. The Morgan fingerprint density at radius 1 is 1.03 bits per heavy atom. The van der Waals surface area contributed by atoms with Gasteiger partial charge in [-0.05, 0) is 49.4 Å². The fourth-order valence-electron chi connectivity index (χ4n) is 2.53.